The van der Waals surface area contributed by atoms with Crippen LogP contribution < -0.4 is 4.72 Å². The minimum Gasteiger partial charge on any atom is -0.338 e. The Labute approximate surface area is 166 Å². The first-order chi connectivity index (χ1) is 13.5. The van der Waals surface area contributed by atoms with Gasteiger partial charge in [-0.15, -0.1) is 11.3 Å². The van der Waals surface area contributed by atoms with Gasteiger partial charge in [-0.3, -0.25) is 0 Å². The van der Waals surface area contributed by atoms with Gasteiger partial charge in [-0.1, -0.05) is 41.6 Å². The van der Waals surface area contributed by atoms with Crippen LogP contribution in [0.15, 0.2) is 69.4 Å². The van der Waals surface area contributed by atoms with Crippen LogP contribution in [0.2, 0.25) is 0 Å². The van der Waals surface area contributed by atoms with Crippen molar-refractivity contribution >= 4 is 21.4 Å². The topological polar surface area (TPSA) is 98.0 Å². The number of rotatable bonds is 6. The summed E-state index contributed by atoms with van der Waals surface area (Å²) in [6.07, 6.45) is 0. The number of thiazole rings is 1. The maximum absolute atomic E-state index is 12.3. The molecule has 9 heteroatoms. The van der Waals surface area contributed by atoms with Gasteiger partial charge < -0.3 is 4.52 Å². The highest BCUT2D eigenvalue weighted by Crippen LogP contribution is 2.26. The van der Waals surface area contributed by atoms with Gasteiger partial charge >= 0.3 is 0 Å². The highest BCUT2D eigenvalue weighted by molar-refractivity contribution is 7.89. The van der Waals surface area contributed by atoms with E-state index in [-0.39, 0.29) is 17.3 Å². The van der Waals surface area contributed by atoms with Gasteiger partial charge in [0.2, 0.25) is 21.7 Å². The van der Waals surface area contributed by atoms with Gasteiger partial charge in [-0.2, -0.15) is 4.98 Å². The maximum Gasteiger partial charge on any atom is 0.242 e. The fourth-order valence-electron chi connectivity index (χ4n) is 2.60. The van der Waals surface area contributed by atoms with Crippen LogP contribution in [0.5, 0.6) is 0 Å². The monoisotopic (exact) mass is 412 g/mol. The number of aryl methyl sites for hydroxylation is 1. The summed E-state index contributed by atoms with van der Waals surface area (Å²) < 4.78 is 32.2. The Bertz CT molecular complexity index is 1200. The standard InChI is InChI=1S/C19H16N4O3S2/c1-13-21-17(12-27-13)14-6-5-7-15(10-14)19-22-18(26-23-19)11-20-28(24,25)16-8-3-2-4-9-16/h2-10,12,20H,11H2,1H3. The van der Waals surface area contributed by atoms with E-state index in [1.54, 1.807) is 29.5 Å². The molecular formula is C19H16N4O3S2. The van der Waals surface area contributed by atoms with E-state index >= 15 is 0 Å². The molecule has 0 saturated carbocycles. The SMILES string of the molecule is Cc1nc(-c2cccc(-c3noc(CNS(=O)(=O)c4ccccc4)n3)c2)cs1. The molecule has 0 aliphatic rings. The third-order valence-electron chi connectivity index (χ3n) is 3.97. The molecule has 142 valence electrons. The predicted octanol–water partition coefficient (Wildman–Crippen LogP) is 3.65. The molecule has 0 amide bonds. The maximum atomic E-state index is 12.3. The minimum absolute atomic E-state index is 0.0881. The summed E-state index contributed by atoms with van der Waals surface area (Å²) in [5.41, 5.74) is 2.62. The van der Waals surface area contributed by atoms with E-state index in [2.05, 4.69) is 19.8 Å². The average molecular weight is 412 g/mol. The van der Waals surface area contributed by atoms with Gasteiger partial charge in [0.15, 0.2) is 0 Å². The lowest BCUT2D eigenvalue weighted by molar-refractivity contribution is 0.376. The van der Waals surface area contributed by atoms with Crippen molar-refractivity contribution in [2.45, 2.75) is 18.4 Å². The number of benzene rings is 2. The Morgan fingerprint density at radius 1 is 1.04 bits per heavy atom. The number of aromatic nitrogens is 3. The van der Waals surface area contributed by atoms with Crippen LogP contribution in [0.25, 0.3) is 22.6 Å². The van der Waals surface area contributed by atoms with Crippen molar-refractivity contribution < 1.29 is 12.9 Å². The molecule has 2 aromatic carbocycles. The molecule has 4 aromatic rings. The van der Waals surface area contributed by atoms with Gasteiger partial charge in [0.25, 0.3) is 0 Å². The number of nitrogens with one attached hydrogen (secondary N) is 1. The zero-order valence-corrected chi connectivity index (χ0v) is 16.5. The van der Waals surface area contributed by atoms with E-state index in [9.17, 15) is 8.42 Å². The Morgan fingerprint density at radius 3 is 2.57 bits per heavy atom. The lowest BCUT2D eigenvalue weighted by atomic mass is 10.1. The van der Waals surface area contributed by atoms with Gasteiger partial charge in [-0.05, 0) is 25.1 Å². The van der Waals surface area contributed by atoms with Gasteiger partial charge in [0.1, 0.15) is 0 Å². The Balaban J connectivity index is 1.51. The second-order valence-corrected chi connectivity index (χ2v) is 8.81. The minimum atomic E-state index is -3.64. The van der Waals surface area contributed by atoms with Crippen LogP contribution in [0.1, 0.15) is 10.9 Å². The van der Waals surface area contributed by atoms with E-state index < -0.39 is 10.0 Å². The van der Waals surface area contributed by atoms with Crippen molar-refractivity contribution in [3.05, 3.63) is 70.9 Å². The summed E-state index contributed by atoms with van der Waals surface area (Å²) in [6, 6.07) is 15.8. The van der Waals surface area contributed by atoms with Crippen LogP contribution in [0.3, 0.4) is 0 Å². The number of hydrogen-bond acceptors (Lipinski definition) is 7. The second kappa shape index (κ2) is 7.63. The van der Waals surface area contributed by atoms with Gasteiger partial charge in [-0.25, -0.2) is 18.1 Å². The lowest BCUT2D eigenvalue weighted by Gasteiger charge is -2.03. The van der Waals surface area contributed by atoms with Crippen LogP contribution in [-0.2, 0) is 16.6 Å². The summed E-state index contributed by atoms with van der Waals surface area (Å²) in [4.78, 5) is 8.96. The summed E-state index contributed by atoms with van der Waals surface area (Å²) >= 11 is 1.59. The number of nitrogens with zero attached hydrogens (tertiary/aromatic N) is 3. The zero-order valence-electron chi connectivity index (χ0n) is 14.9. The quantitative estimate of drug-likeness (QED) is 0.519. The molecule has 0 aliphatic carbocycles. The molecule has 0 atom stereocenters. The summed E-state index contributed by atoms with van der Waals surface area (Å²) in [7, 11) is -3.64. The molecule has 28 heavy (non-hydrogen) atoms. The summed E-state index contributed by atoms with van der Waals surface area (Å²) in [5.74, 6) is 0.576. The Kier molecular flexibility index (Phi) is 5.03. The third-order valence-corrected chi connectivity index (χ3v) is 6.16. The van der Waals surface area contributed by atoms with Gasteiger partial charge in [0.05, 0.1) is 22.1 Å². The largest absolute Gasteiger partial charge is 0.338 e. The highest BCUT2D eigenvalue weighted by Gasteiger charge is 2.16. The molecule has 0 radical (unpaired) electrons. The van der Waals surface area contributed by atoms with Crippen molar-refractivity contribution in [1.82, 2.24) is 19.8 Å². The molecule has 0 aliphatic heterocycles. The molecule has 0 fully saturated rings. The Morgan fingerprint density at radius 2 is 1.82 bits per heavy atom. The summed E-state index contributed by atoms with van der Waals surface area (Å²) in [6.45, 7) is 1.87. The molecule has 0 saturated heterocycles. The molecule has 1 N–H and O–H groups in total. The molecule has 2 aromatic heterocycles. The van der Waals surface area contributed by atoms with Crippen molar-refractivity contribution in [3.63, 3.8) is 0 Å². The molecular weight excluding hydrogens is 396 g/mol. The van der Waals surface area contributed by atoms with Crippen molar-refractivity contribution in [2.75, 3.05) is 0 Å². The van der Waals surface area contributed by atoms with Crippen molar-refractivity contribution in [1.29, 1.82) is 0 Å². The third kappa shape index (κ3) is 4.01. The first kappa shape index (κ1) is 18.5. The van der Waals surface area contributed by atoms with Crippen LogP contribution >= 0.6 is 11.3 Å². The molecule has 0 bridgehead atoms. The number of sulfonamides is 1. The van der Waals surface area contributed by atoms with Crippen molar-refractivity contribution in [2.24, 2.45) is 0 Å². The molecule has 0 unspecified atom stereocenters. The van der Waals surface area contributed by atoms with Crippen LogP contribution in [-0.4, -0.2) is 23.5 Å². The van der Waals surface area contributed by atoms with E-state index in [0.717, 1.165) is 21.8 Å². The predicted molar refractivity (Wildman–Crippen MR) is 106 cm³/mol. The highest BCUT2D eigenvalue weighted by atomic mass is 32.2. The molecule has 7 nitrogen and oxygen atoms in total. The fourth-order valence-corrected chi connectivity index (χ4v) is 4.21. The van der Waals surface area contributed by atoms with Gasteiger partial charge in [0, 0.05) is 16.5 Å². The van der Waals surface area contributed by atoms with E-state index in [1.165, 1.54) is 12.1 Å². The van der Waals surface area contributed by atoms with Crippen molar-refractivity contribution in [3.8, 4) is 22.6 Å². The fraction of sp³-hybridized carbons (Fsp3) is 0.105. The Hall–Kier alpha value is -2.88. The van der Waals surface area contributed by atoms with Crippen LogP contribution in [0.4, 0.5) is 0 Å². The lowest BCUT2D eigenvalue weighted by Crippen LogP contribution is -2.23. The second-order valence-electron chi connectivity index (χ2n) is 5.98. The number of hydrogen-bond donors (Lipinski definition) is 1. The first-order valence-corrected chi connectivity index (χ1v) is 10.8. The first-order valence-electron chi connectivity index (χ1n) is 8.41. The zero-order chi connectivity index (χ0) is 19.6. The normalized spacial score (nSPS) is 11.6. The smallest absolute Gasteiger partial charge is 0.242 e. The summed E-state index contributed by atoms with van der Waals surface area (Å²) in [5, 5.41) is 6.95. The molecule has 4 rings (SSSR count). The van der Waals surface area contributed by atoms with E-state index in [1.807, 2.05) is 36.6 Å². The molecule has 0 spiro atoms. The van der Waals surface area contributed by atoms with Crippen LogP contribution in [0, 0.1) is 6.92 Å². The molecule has 2 heterocycles. The van der Waals surface area contributed by atoms with E-state index in [0.29, 0.717) is 5.82 Å². The average Bonchev–Trinajstić information content (AvgIpc) is 3.37. The van der Waals surface area contributed by atoms with E-state index in [4.69, 9.17) is 4.52 Å².